The van der Waals surface area contributed by atoms with Crippen LogP contribution in [-0.4, -0.2) is 33.7 Å². The van der Waals surface area contributed by atoms with Gasteiger partial charge in [-0.05, 0) is 26.8 Å². The monoisotopic (exact) mass is 211 g/mol. The zero-order valence-electron chi connectivity index (χ0n) is 8.94. The third kappa shape index (κ3) is 3.11. The molecule has 0 fully saturated rings. The van der Waals surface area contributed by atoms with E-state index < -0.39 is 18.7 Å². The highest BCUT2D eigenvalue weighted by Crippen LogP contribution is 2.10. The molecule has 0 aliphatic carbocycles. The van der Waals surface area contributed by atoms with Crippen molar-refractivity contribution in [2.75, 3.05) is 0 Å². The molecule has 5 nitrogen and oxygen atoms in total. The van der Waals surface area contributed by atoms with Crippen LogP contribution >= 0.6 is 0 Å². The van der Waals surface area contributed by atoms with Crippen LogP contribution in [0.15, 0.2) is 12.3 Å². The second-order valence-electron chi connectivity index (χ2n) is 4.18. The second kappa shape index (κ2) is 4.08. The summed E-state index contributed by atoms with van der Waals surface area (Å²) in [5, 5.41) is 17.9. The first-order valence-corrected chi connectivity index (χ1v) is 4.58. The van der Waals surface area contributed by atoms with Crippen molar-refractivity contribution in [3.63, 3.8) is 0 Å². The average molecular weight is 211 g/mol. The van der Waals surface area contributed by atoms with Gasteiger partial charge in [-0.3, -0.25) is 0 Å². The molecule has 0 saturated carbocycles. The van der Waals surface area contributed by atoms with Crippen LogP contribution in [0.3, 0.4) is 0 Å². The van der Waals surface area contributed by atoms with E-state index in [0.717, 1.165) is 0 Å². The lowest BCUT2D eigenvalue weighted by Gasteiger charge is -2.19. The molecular weight excluding hydrogens is 197 g/mol. The molecule has 0 bridgehead atoms. The van der Waals surface area contributed by atoms with Crippen molar-refractivity contribution in [2.45, 2.75) is 26.4 Å². The second-order valence-corrected chi connectivity index (χ2v) is 4.18. The number of hydrogen-bond donors (Lipinski definition) is 3. The Morgan fingerprint density at radius 3 is 2.53 bits per heavy atom. The number of H-pyrrole nitrogens is 1. The number of carbonyl (C=O) groups excluding carboxylic acids is 1. The van der Waals surface area contributed by atoms with E-state index in [0.29, 0.717) is 0 Å². The molecule has 0 atom stereocenters. The summed E-state index contributed by atoms with van der Waals surface area (Å²) in [5.74, 6) is -0.577. The van der Waals surface area contributed by atoms with Crippen molar-refractivity contribution in [1.82, 2.24) is 4.98 Å². The fraction of sp³-hybridized carbons (Fsp3) is 0.444. The van der Waals surface area contributed by atoms with Gasteiger partial charge in [-0.15, -0.1) is 0 Å². The topological polar surface area (TPSA) is 82.6 Å². The van der Waals surface area contributed by atoms with Gasteiger partial charge in [0.1, 0.15) is 5.60 Å². The van der Waals surface area contributed by atoms with Crippen molar-refractivity contribution in [3.8, 4) is 0 Å². The normalized spacial score (nSPS) is 11.3. The van der Waals surface area contributed by atoms with Crippen LogP contribution in [0.5, 0.6) is 0 Å². The summed E-state index contributed by atoms with van der Waals surface area (Å²) >= 11 is 0. The number of esters is 1. The molecular formula is C9H14BNO4. The SMILES string of the molecule is CC(C)(C)OC(=O)c1cc[nH]c1B(O)O. The standard InChI is InChI=1S/C9H14BNO4/c1-9(2,3)15-8(12)6-4-5-11-7(6)10(13)14/h4-5,11,13-14H,1-3H3. The Bertz CT molecular complexity index is 353. The van der Waals surface area contributed by atoms with Crippen LogP contribution in [0.2, 0.25) is 0 Å². The van der Waals surface area contributed by atoms with Crippen molar-refractivity contribution >= 4 is 18.7 Å². The molecule has 0 aliphatic rings. The number of aromatic nitrogens is 1. The Morgan fingerprint density at radius 2 is 2.07 bits per heavy atom. The number of ether oxygens (including phenoxy) is 1. The summed E-state index contributed by atoms with van der Waals surface area (Å²) in [6, 6.07) is 1.45. The van der Waals surface area contributed by atoms with Gasteiger partial charge >= 0.3 is 13.1 Å². The van der Waals surface area contributed by atoms with Gasteiger partial charge in [-0.25, -0.2) is 4.79 Å². The number of nitrogens with one attached hydrogen (secondary N) is 1. The van der Waals surface area contributed by atoms with E-state index in [9.17, 15) is 4.79 Å². The lowest BCUT2D eigenvalue weighted by molar-refractivity contribution is 0.00708. The van der Waals surface area contributed by atoms with E-state index in [2.05, 4.69) is 4.98 Å². The summed E-state index contributed by atoms with van der Waals surface area (Å²) in [6.07, 6.45) is 1.45. The first-order valence-electron chi connectivity index (χ1n) is 4.58. The first kappa shape index (κ1) is 11.8. The molecule has 15 heavy (non-hydrogen) atoms. The molecule has 1 heterocycles. The average Bonchev–Trinajstić information content (AvgIpc) is 2.47. The van der Waals surface area contributed by atoms with Crippen LogP contribution in [0.1, 0.15) is 31.1 Å². The first-order chi connectivity index (χ1) is 6.81. The third-order valence-corrected chi connectivity index (χ3v) is 1.66. The molecule has 1 aromatic rings. The van der Waals surface area contributed by atoms with Gasteiger partial charge in [0.25, 0.3) is 0 Å². The van der Waals surface area contributed by atoms with Gasteiger partial charge in [0, 0.05) is 6.20 Å². The Balaban J connectivity index is 2.87. The number of rotatable bonds is 2. The molecule has 3 N–H and O–H groups in total. The van der Waals surface area contributed by atoms with Crippen LogP contribution in [0.25, 0.3) is 0 Å². The van der Waals surface area contributed by atoms with Gasteiger partial charge in [-0.2, -0.15) is 0 Å². The maximum Gasteiger partial charge on any atom is 0.506 e. The van der Waals surface area contributed by atoms with Crippen molar-refractivity contribution in [1.29, 1.82) is 0 Å². The highest BCUT2D eigenvalue weighted by Gasteiger charge is 2.25. The van der Waals surface area contributed by atoms with E-state index in [4.69, 9.17) is 14.8 Å². The highest BCUT2D eigenvalue weighted by molar-refractivity contribution is 6.59. The van der Waals surface area contributed by atoms with Crippen LogP contribution in [0.4, 0.5) is 0 Å². The molecule has 0 unspecified atom stereocenters. The van der Waals surface area contributed by atoms with Crippen molar-refractivity contribution in [3.05, 3.63) is 17.8 Å². The summed E-state index contributed by atoms with van der Waals surface area (Å²) < 4.78 is 5.09. The fourth-order valence-electron chi connectivity index (χ4n) is 1.11. The van der Waals surface area contributed by atoms with Crippen molar-refractivity contribution in [2.24, 2.45) is 0 Å². The minimum absolute atomic E-state index is 0.0456. The van der Waals surface area contributed by atoms with Crippen molar-refractivity contribution < 1.29 is 19.6 Å². The maximum atomic E-state index is 11.6. The van der Waals surface area contributed by atoms with Crippen LogP contribution < -0.4 is 5.59 Å². The maximum absolute atomic E-state index is 11.6. The van der Waals surface area contributed by atoms with Gasteiger partial charge in [0.2, 0.25) is 0 Å². The largest absolute Gasteiger partial charge is 0.506 e. The zero-order chi connectivity index (χ0) is 11.6. The molecule has 6 heteroatoms. The Labute approximate surface area is 88.2 Å². The molecule has 82 valence electrons. The predicted molar refractivity (Wildman–Crippen MR) is 55.8 cm³/mol. The van der Waals surface area contributed by atoms with Gasteiger partial charge < -0.3 is 19.8 Å². The molecule has 0 amide bonds. The third-order valence-electron chi connectivity index (χ3n) is 1.66. The minimum atomic E-state index is -1.71. The molecule has 0 aromatic carbocycles. The minimum Gasteiger partial charge on any atom is -0.456 e. The lowest BCUT2D eigenvalue weighted by atomic mass is 9.83. The molecule has 1 aromatic heterocycles. The van der Waals surface area contributed by atoms with E-state index in [-0.39, 0.29) is 11.2 Å². The number of carbonyl (C=O) groups is 1. The molecule has 0 radical (unpaired) electrons. The highest BCUT2D eigenvalue weighted by atomic mass is 16.6. The van der Waals surface area contributed by atoms with Gasteiger partial charge in [0.15, 0.2) is 0 Å². The van der Waals surface area contributed by atoms with E-state index >= 15 is 0 Å². The fourth-order valence-corrected chi connectivity index (χ4v) is 1.11. The zero-order valence-corrected chi connectivity index (χ0v) is 8.94. The Kier molecular flexibility index (Phi) is 3.21. The molecule has 0 aliphatic heterocycles. The van der Waals surface area contributed by atoms with Crippen LogP contribution in [0, 0.1) is 0 Å². The van der Waals surface area contributed by atoms with E-state index in [1.807, 2.05) is 0 Å². The summed E-state index contributed by atoms with van der Waals surface area (Å²) in [7, 11) is -1.71. The number of aromatic amines is 1. The summed E-state index contributed by atoms with van der Waals surface area (Å²) in [5.41, 5.74) is -0.421. The quantitative estimate of drug-likeness (QED) is 0.461. The van der Waals surface area contributed by atoms with Gasteiger partial charge in [0.05, 0.1) is 11.2 Å². The summed E-state index contributed by atoms with van der Waals surface area (Å²) in [4.78, 5) is 14.2. The predicted octanol–water partition coefficient (Wildman–Crippen LogP) is -0.350. The summed E-state index contributed by atoms with van der Waals surface area (Å²) in [6.45, 7) is 5.23. The number of hydrogen-bond acceptors (Lipinski definition) is 4. The Morgan fingerprint density at radius 1 is 1.47 bits per heavy atom. The van der Waals surface area contributed by atoms with E-state index in [1.54, 1.807) is 20.8 Å². The smallest absolute Gasteiger partial charge is 0.456 e. The lowest BCUT2D eigenvalue weighted by Crippen LogP contribution is -2.37. The Hall–Kier alpha value is -1.27. The van der Waals surface area contributed by atoms with Crippen LogP contribution in [-0.2, 0) is 4.74 Å². The molecule has 1 rings (SSSR count). The molecule has 0 spiro atoms. The molecule has 0 saturated heterocycles. The van der Waals surface area contributed by atoms with E-state index in [1.165, 1.54) is 12.3 Å². The van der Waals surface area contributed by atoms with Gasteiger partial charge in [-0.1, -0.05) is 0 Å².